The van der Waals surface area contributed by atoms with Crippen molar-refractivity contribution in [1.29, 1.82) is 0 Å². The first-order chi connectivity index (χ1) is 10.7. The van der Waals surface area contributed by atoms with E-state index in [0.29, 0.717) is 31.5 Å². The number of amides is 1. The van der Waals surface area contributed by atoms with Crippen molar-refractivity contribution < 1.29 is 14.6 Å². The minimum Gasteiger partial charge on any atom is -0.508 e. The molecule has 0 radical (unpaired) electrons. The molecule has 1 aromatic carbocycles. The van der Waals surface area contributed by atoms with Crippen LogP contribution >= 0.6 is 0 Å². The van der Waals surface area contributed by atoms with Gasteiger partial charge in [-0.3, -0.25) is 4.90 Å². The summed E-state index contributed by atoms with van der Waals surface area (Å²) in [5.74, 6) is 0.353. The van der Waals surface area contributed by atoms with Crippen LogP contribution in [0.3, 0.4) is 0 Å². The van der Waals surface area contributed by atoms with Crippen LogP contribution in [0, 0.1) is 0 Å². The number of carbonyl (C=O) groups excluding carboxylic acids is 1. The number of aromatic hydroxyl groups is 1. The molecule has 0 bridgehead atoms. The van der Waals surface area contributed by atoms with Crippen LogP contribution in [0.4, 0.5) is 4.79 Å². The molecule has 1 aliphatic heterocycles. The van der Waals surface area contributed by atoms with Gasteiger partial charge in [0.2, 0.25) is 0 Å². The van der Waals surface area contributed by atoms with Gasteiger partial charge in [-0.05, 0) is 18.9 Å². The van der Waals surface area contributed by atoms with E-state index in [1.807, 2.05) is 18.2 Å². The van der Waals surface area contributed by atoms with Gasteiger partial charge < -0.3 is 14.7 Å². The van der Waals surface area contributed by atoms with Crippen molar-refractivity contribution in [2.45, 2.75) is 38.3 Å². The molecule has 120 valence electrons. The third kappa shape index (κ3) is 3.53. The number of ether oxygens (including phenoxy) is 1. The molecule has 0 atom stereocenters. The number of cyclic esters (lactones) is 1. The Balaban J connectivity index is 1.64. The maximum absolute atomic E-state index is 11.6. The third-order valence-corrected chi connectivity index (χ3v) is 4.71. The number of phenolic OH excluding ortho intramolecular Hbond substituents is 1. The molecule has 1 saturated heterocycles. The Morgan fingerprint density at radius 2 is 2.05 bits per heavy atom. The Kier molecular flexibility index (Phi) is 4.83. The van der Waals surface area contributed by atoms with Gasteiger partial charge in [0.15, 0.2) is 0 Å². The average molecular weight is 304 g/mol. The molecule has 3 rings (SSSR count). The topological polar surface area (TPSA) is 53.0 Å². The molecule has 1 amide bonds. The largest absolute Gasteiger partial charge is 0.508 e. The van der Waals surface area contributed by atoms with Gasteiger partial charge in [-0.25, -0.2) is 4.79 Å². The van der Waals surface area contributed by atoms with E-state index in [4.69, 9.17) is 4.74 Å². The number of para-hydroxylation sites is 1. The zero-order valence-corrected chi connectivity index (χ0v) is 12.9. The van der Waals surface area contributed by atoms with Gasteiger partial charge in [0.25, 0.3) is 0 Å². The predicted octanol–water partition coefficient (Wildman–Crippen LogP) is 2.59. The van der Waals surface area contributed by atoms with Crippen molar-refractivity contribution in [3.05, 3.63) is 29.8 Å². The number of hydrogen-bond acceptors (Lipinski definition) is 4. The lowest BCUT2D eigenvalue weighted by Crippen LogP contribution is -2.40. The minimum atomic E-state index is -0.200. The number of nitrogens with zero attached hydrogens (tertiary/aromatic N) is 2. The lowest BCUT2D eigenvalue weighted by Gasteiger charge is -2.30. The molecule has 22 heavy (non-hydrogen) atoms. The second-order valence-electron chi connectivity index (χ2n) is 6.14. The first kappa shape index (κ1) is 15.2. The molecule has 1 saturated carbocycles. The van der Waals surface area contributed by atoms with Crippen LogP contribution in [0.25, 0.3) is 0 Å². The van der Waals surface area contributed by atoms with Gasteiger partial charge in [-0.1, -0.05) is 31.0 Å². The average Bonchev–Trinajstić information content (AvgIpc) is 3.17. The van der Waals surface area contributed by atoms with E-state index in [1.54, 1.807) is 11.0 Å². The van der Waals surface area contributed by atoms with Crippen LogP contribution in [-0.4, -0.2) is 53.3 Å². The number of phenols is 1. The number of carbonyl (C=O) groups is 1. The molecule has 1 N–H and O–H groups in total. The second kappa shape index (κ2) is 7.01. The summed E-state index contributed by atoms with van der Waals surface area (Å²) in [5.41, 5.74) is 0.957. The van der Waals surface area contributed by atoms with Crippen molar-refractivity contribution >= 4 is 6.09 Å². The summed E-state index contributed by atoms with van der Waals surface area (Å²) in [5, 5.41) is 10.0. The van der Waals surface area contributed by atoms with Gasteiger partial charge in [-0.15, -0.1) is 0 Å². The Morgan fingerprint density at radius 1 is 1.27 bits per heavy atom. The van der Waals surface area contributed by atoms with E-state index in [-0.39, 0.29) is 6.09 Å². The molecule has 0 aromatic heterocycles. The molecule has 2 fully saturated rings. The minimum absolute atomic E-state index is 0.200. The molecule has 2 aliphatic rings. The Hall–Kier alpha value is -1.75. The summed E-state index contributed by atoms with van der Waals surface area (Å²) >= 11 is 0. The lowest BCUT2D eigenvalue weighted by atomic mass is 10.1. The van der Waals surface area contributed by atoms with Crippen LogP contribution in [0.1, 0.15) is 31.2 Å². The Bertz CT molecular complexity index is 514. The van der Waals surface area contributed by atoms with Crippen molar-refractivity contribution in [2.75, 3.05) is 26.2 Å². The fourth-order valence-electron chi connectivity index (χ4n) is 3.40. The fraction of sp³-hybridized carbons (Fsp3) is 0.588. The highest BCUT2D eigenvalue weighted by atomic mass is 16.6. The number of hydrogen-bond donors (Lipinski definition) is 1. The van der Waals surface area contributed by atoms with Crippen LogP contribution < -0.4 is 0 Å². The number of benzene rings is 1. The highest BCUT2D eigenvalue weighted by Gasteiger charge is 2.26. The molecular formula is C17H24N2O3. The van der Waals surface area contributed by atoms with Crippen molar-refractivity contribution in [3.63, 3.8) is 0 Å². The summed E-state index contributed by atoms with van der Waals surface area (Å²) in [6.07, 6.45) is 4.76. The summed E-state index contributed by atoms with van der Waals surface area (Å²) < 4.78 is 4.99. The first-order valence-electron chi connectivity index (χ1n) is 8.16. The summed E-state index contributed by atoms with van der Waals surface area (Å²) in [6, 6.07) is 8.07. The summed E-state index contributed by atoms with van der Waals surface area (Å²) in [7, 11) is 0. The maximum atomic E-state index is 11.6. The third-order valence-electron chi connectivity index (χ3n) is 4.71. The molecule has 1 aromatic rings. The van der Waals surface area contributed by atoms with Gasteiger partial charge in [0.1, 0.15) is 12.4 Å². The Labute approximate surface area is 131 Å². The standard InChI is InChI=1S/C17H24N2O3/c20-16-8-4-1-5-14(16)13-19(15-6-2-3-7-15)10-9-18-11-12-22-17(18)21/h1,4-5,8,15,20H,2-3,6-7,9-13H2. The van der Waals surface area contributed by atoms with Gasteiger partial charge in [-0.2, -0.15) is 0 Å². The van der Waals surface area contributed by atoms with Crippen LogP contribution in [0.5, 0.6) is 5.75 Å². The highest BCUT2D eigenvalue weighted by molar-refractivity contribution is 5.69. The van der Waals surface area contributed by atoms with E-state index >= 15 is 0 Å². The lowest BCUT2D eigenvalue weighted by molar-refractivity contribution is 0.142. The van der Waals surface area contributed by atoms with Crippen molar-refractivity contribution in [2.24, 2.45) is 0 Å². The second-order valence-corrected chi connectivity index (χ2v) is 6.14. The van der Waals surface area contributed by atoms with E-state index < -0.39 is 0 Å². The smallest absolute Gasteiger partial charge is 0.409 e. The molecule has 0 spiro atoms. The van der Waals surface area contributed by atoms with Gasteiger partial charge in [0.05, 0.1) is 6.54 Å². The molecular weight excluding hydrogens is 280 g/mol. The predicted molar refractivity (Wildman–Crippen MR) is 83.7 cm³/mol. The zero-order chi connectivity index (χ0) is 15.4. The van der Waals surface area contributed by atoms with Crippen LogP contribution in [0.2, 0.25) is 0 Å². The van der Waals surface area contributed by atoms with E-state index in [0.717, 1.165) is 18.7 Å². The van der Waals surface area contributed by atoms with Gasteiger partial charge in [0, 0.05) is 31.2 Å². The SMILES string of the molecule is O=C1OCCN1CCN(Cc1ccccc1O)C1CCCC1. The first-order valence-corrected chi connectivity index (χ1v) is 8.16. The molecule has 1 heterocycles. The molecule has 0 unspecified atom stereocenters. The van der Waals surface area contributed by atoms with Gasteiger partial charge >= 0.3 is 6.09 Å². The number of rotatable bonds is 6. The highest BCUT2D eigenvalue weighted by Crippen LogP contribution is 2.27. The molecule has 1 aliphatic carbocycles. The van der Waals surface area contributed by atoms with E-state index in [9.17, 15) is 9.90 Å². The zero-order valence-electron chi connectivity index (χ0n) is 12.9. The van der Waals surface area contributed by atoms with E-state index in [2.05, 4.69) is 4.90 Å². The van der Waals surface area contributed by atoms with E-state index in [1.165, 1.54) is 25.7 Å². The Morgan fingerprint density at radius 3 is 2.73 bits per heavy atom. The normalized spacial score (nSPS) is 19.1. The quantitative estimate of drug-likeness (QED) is 0.877. The monoisotopic (exact) mass is 304 g/mol. The maximum Gasteiger partial charge on any atom is 0.409 e. The fourth-order valence-corrected chi connectivity index (χ4v) is 3.40. The molecule has 5 heteroatoms. The van der Waals surface area contributed by atoms with Crippen LogP contribution in [-0.2, 0) is 11.3 Å². The van der Waals surface area contributed by atoms with Crippen LogP contribution in [0.15, 0.2) is 24.3 Å². The van der Waals surface area contributed by atoms with Crippen molar-refractivity contribution in [1.82, 2.24) is 9.80 Å². The van der Waals surface area contributed by atoms with Crippen molar-refractivity contribution in [3.8, 4) is 5.75 Å². The summed E-state index contributed by atoms with van der Waals surface area (Å²) in [4.78, 5) is 15.7. The summed E-state index contributed by atoms with van der Waals surface area (Å²) in [6.45, 7) is 3.45. The molecule has 5 nitrogen and oxygen atoms in total.